The van der Waals surface area contributed by atoms with Gasteiger partial charge < -0.3 is 19.9 Å². The largest absolute Gasteiger partial charge is 0.378 e. The van der Waals surface area contributed by atoms with Crippen LogP contribution in [0.2, 0.25) is 0 Å². The van der Waals surface area contributed by atoms with Crippen molar-refractivity contribution in [2.24, 2.45) is 4.99 Å². The molecule has 0 aliphatic carbocycles. The van der Waals surface area contributed by atoms with Gasteiger partial charge in [0.2, 0.25) is 0 Å². The molecule has 1 N–H and O–H groups in total. The van der Waals surface area contributed by atoms with Gasteiger partial charge in [0.1, 0.15) is 5.82 Å². The number of guanidine groups is 1. The van der Waals surface area contributed by atoms with E-state index in [9.17, 15) is 4.39 Å². The van der Waals surface area contributed by atoms with Crippen LogP contribution in [0.5, 0.6) is 0 Å². The van der Waals surface area contributed by atoms with E-state index in [0.717, 1.165) is 56.6 Å². The van der Waals surface area contributed by atoms with Crippen molar-refractivity contribution in [1.29, 1.82) is 0 Å². The third-order valence-corrected chi connectivity index (χ3v) is 3.89. The Bertz CT molecular complexity index is 528. The zero-order valence-electron chi connectivity index (χ0n) is 12.3. The van der Waals surface area contributed by atoms with E-state index in [1.165, 1.54) is 6.07 Å². The summed E-state index contributed by atoms with van der Waals surface area (Å²) in [5.41, 5.74) is 2.04. The number of likely N-dealkylation sites (N-methyl/N-ethyl adjacent to an activating group) is 1. The van der Waals surface area contributed by atoms with Crippen LogP contribution in [0, 0.1) is 5.82 Å². The summed E-state index contributed by atoms with van der Waals surface area (Å²) in [6.45, 7) is 5.46. The fourth-order valence-electron chi connectivity index (χ4n) is 2.71. The summed E-state index contributed by atoms with van der Waals surface area (Å²) in [6.07, 6.45) is 0. The molecule has 0 unspecified atom stereocenters. The number of morpholine rings is 1. The molecule has 1 aromatic carbocycles. The minimum Gasteiger partial charge on any atom is -0.378 e. The van der Waals surface area contributed by atoms with Gasteiger partial charge in [-0.2, -0.15) is 0 Å². The summed E-state index contributed by atoms with van der Waals surface area (Å²) in [4.78, 5) is 8.73. The molecule has 3 rings (SSSR count). The maximum absolute atomic E-state index is 13.6. The van der Waals surface area contributed by atoms with Gasteiger partial charge in [0, 0.05) is 38.9 Å². The van der Waals surface area contributed by atoms with E-state index in [1.54, 1.807) is 6.07 Å². The molecule has 0 saturated carbocycles. The molecule has 5 nitrogen and oxygen atoms in total. The summed E-state index contributed by atoms with van der Waals surface area (Å²) in [5, 5.41) is 3.31. The summed E-state index contributed by atoms with van der Waals surface area (Å²) in [7, 11) is 2.01. The molecular weight excluding hydrogens is 271 g/mol. The fourth-order valence-corrected chi connectivity index (χ4v) is 2.71. The average molecular weight is 292 g/mol. The Labute approximate surface area is 124 Å². The third kappa shape index (κ3) is 3.26. The first-order valence-electron chi connectivity index (χ1n) is 7.34. The topological polar surface area (TPSA) is 40.1 Å². The van der Waals surface area contributed by atoms with Gasteiger partial charge in [-0.1, -0.05) is 0 Å². The molecule has 1 fully saturated rings. The first-order chi connectivity index (χ1) is 10.2. The number of hydrogen-bond acceptors (Lipinski definition) is 5. The van der Waals surface area contributed by atoms with Crippen LogP contribution in [0.4, 0.5) is 10.1 Å². The number of ether oxygens (including phenoxy) is 1. The van der Waals surface area contributed by atoms with Crippen molar-refractivity contribution in [1.82, 2.24) is 10.2 Å². The normalized spacial score (nSPS) is 18.9. The van der Waals surface area contributed by atoms with Crippen LogP contribution in [0.15, 0.2) is 23.2 Å². The van der Waals surface area contributed by atoms with Gasteiger partial charge in [-0.25, -0.2) is 4.39 Å². The Balaban J connectivity index is 1.74. The zero-order valence-corrected chi connectivity index (χ0v) is 12.3. The lowest BCUT2D eigenvalue weighted by molar-refractivity contribution is 0.122. The molecule has 1 saturated heterocycles. The van der Waals surface area contributed by atoms with Crippen LogP contribution in [0.3, 0.4) is 0 Å². The third-order valence-electron chi connectivity index (χ3n) is 3.89. The van der Waals surface area contributed by atoms with Crippen LogP contribution in [-0.4, -0.2) is 57.3 Å². The molecule has 2 aliphatic rings. The predicted octanol–water partition coefficient (Wildman–Crippen LogP) is 1.05. The lowest BCUT2D eigenvalue weighted by atomic mass is 10.1. The maximum atomic E-state index is 13.6. The Morgan fingerprint density at radius 2 is 2.10 bits per heavy atom. The molecule has 0 amide bonds. The molecule has 6 heteroatoms. The SMILES string of the molecule is CN1CCN=C1NCc1cc(F)ccc1N1CCOCC1. The van der Waals surface area contributed by atoms with Crippen LogP contribution in [0.25, 0.3) is 0 Å². The number of aliphatic imine (C=N–C) groups is 1. The number of anilines is 1. The van der Waals surface area contributed by atoms with Gasteiger partial charge >= 0.3 is 0 Å². The predicted molar refractivity (Wildman–Crippen MR) is 81.2 cm³/mol. The van der Waals surface area contributed by atoms with Crippen molar-refractivity contribution in [3.63, 3.8) is 0 Å². The molecule has 2 heterocycles. The number of halogens is 1. The first-order valence-corrected chi connectivity index (χ1v) is 7.34. The monoisotopic (exact) mass is 292 g/mol. The summed E-state index contributed by atoms with van der Waals surface area (Å²) < 4.78 is 19.0. The van der Waals surface area contributed by atoms with E-state index in [-0.39, 0.29) is 5.82 Å². The highest BCUT2D eigenvalue weighted by molar-refractivity contribution is 5.81. The molecule has 0 atom stereocenters. The number of nitrogens with zero attached hydrogens (tertiary/aromatic N) is 3. The van der Waals surface area contributed by atoms with Crippen molar-refractivity contribution in [3.05, 3.63) is 29.6 Å². The van der Waals surface area contributed by atoms with Gasteiger partial charge in [-0.15, -0.1) is 0 Å². The first kappa shape index (κ1) is 14.1. The quantitative estimate of drug-likeness (QED) is 0.904. The van der Waals surface area contributed by atoms with Crippen molar-refractivity contribution in [3.8, 4) is 0 Å². The summed E-state index contributed by atoms with van der Waals surface area (Å²) in [5.74, 6) is 0.678. The Morgan fingerprint density at radius 1 is 1.29 bits per heavy atom. The van der Waals surface area contributed by atoms with Gasteiger partial charge in [0.15, 0.2) is 5.96 Å². The van der Waals surface area contributed by atoms with Gasteiger partial charge in [0.25, 0.3) is 0 Å². The Morgan fingerprint density at radius 3 is 2.81 bits per heavy atom. The second-order valence-corrected chi connectivity index (χ2v) is 5.35. The number of benzene rings is 1. The lowest BCUT2D eigenvalue weighted by Crippen LogP contribution is -2.38. The summed E-state index contributed by atoms with van der Waals surface area (Å²) >= 11 is 0. The minimum absolute atomic E-state index is 0.203. The van der Waals surface area contributed by atoms with E-state index in [1.807, 2.05) is 13.1 Å². The van der Waals surface area contributed by atoms with Crippen LogP contribution < -0.4 is 10.2 Å². The molecular formula is C15H21FN4O. The van der Waals surface area contributed by atoms with Gasteiger partial charge in [-0.3, -0.25) is 4.99 Å². The average Bonchev–Trinajstić information content (AvgIpc) is 2.91. The molecule has 0 aromatic heterocycles. The highest BCUT2D eigenvalue weighted by Crippen LogP contribution is 2.23. The molecule has 0 bridgehead atoms. The molecule has 2 aliphatic heterocycles. The van der Waals surface area contributed by atoms with Crippen molar-refractivity contribution in [2.45, 2.75) is 6.54 Å². The van der Waals surface area contributed by atoms with Crippen LogP contribution >= 0.6 is 0 Å². The summed E-state index contributed by atoms with van der Waals surface area (Å²) in [6, 6.07) is 4.98. The van der Waals surface area contributed by atoms with Crippen LogP contribution in [-0.2, 0) is 11.3 Å². The van der Waals surface area contributed by atoms with Gasteiger partial charge in [0.05, 0.1) is 19.8 Å². The highest BCUT2D eigenvalue weighted by Gasteiger charge is 2.17. The van der Waals surface area contributed by atoms with Gasteiger partial charge in [-0.05, 0) is 23.8 Å². The number of hydrogen-bond donors (Lipinski definition) is 1. The zero-order chi connectivity index (χ0) is 14.7. The molecule has 114 valence electrons. The van der Waals surface area contributed by atoms with E-state index >= 15 is 0 Å². The van der Waals surface area contributed by atoms with Crippen molar-refractivity contribution in [2.75, 3.05) is 51.3 Å². The Hall–Kier alpha value is -1.82. The molecule has 0 radical (unpaired) electrons. The molecule has 0 spiro atoms. The van der Waals surface area contributed by atoms with E-state index < -0.39 is 0 Å². The molecule has 1 aromatic rings. The smallest absolute Gasteiger partial charge is 0.194 e. The van der Waals surface area contributed by atoms with E-state index in [0.29, 0.717) is 6.54 Å². The second kappa shape index (κ2) is 6.30. The second-order valence-electron chi connectivity index (χ2n) is 5.35. The molecule has 21 heavy (non-hydrogen) atoms. The highest BCUT2D eigenvalue weighted by atomic mass is 19.1. The Kier molecular flexibility index (Phi) is 4.24. The fraction of sp³-hybridized carbons (Fsp3) is 0.533. The maximum Gasteiger partial charge on any atom is 0.194 e. The number of rotatable bonds is 3. The van der Waals surface area contributed by atoms with Crippen molar-refractivity contribution >= 4 is 11.6 Å². The standard InChI is InChI=1S/C15H21FN4O/c1-19-5-4-17-15(19)18-11-12-10-13(16)2-3-14(12)20-6-8-21-9-7-20/h2-3,10H,4-9,11H2,1H3,(H,17,18). The van der Waals surface area contributed by atoms with E-state index in [4.69, 9.17) is 4.74 Å². The lowest BCUT2D eigenvalue weighted by Gasteiger charge is -2.31. The minimum atomic E-state index is -0.203. The van der Waals surface area contributed by atoms with E-state index in [2.05, 4.69) is 20.1 Å². The van der Waals surface area contributed by atoms with Crippen LogP contribution in [0.1, 0.15) is 5.56 Å². The van der Waals surface area contributed by atoms with Crippen molar-refractivity contribution < 1.29 is 9.13 Å². The number of nitrogens with one attached hydrogen (secondary N) is 1.